The Labute approximate surface area is 205 Å². The first kappa shape index (κ1) is 24.1. The third-order valence-electron chi connectivity index (χ3n) is 6.34. The number of nitrogens with one attached hydrogen (secondary N) is 1. The number of carbonyl (C=O) groups is 2. The van der Waals surface area contributed by atoms with E-state index in [2.05, 4.69) is 5.32 Å². The minimum atomic E-state index is -0.547. The van der Waals surface area contributed by atoms with Crippen LogP contribution in [0.5, 0.6) is 17.2 Å². The minimum absolute atomic E-state index is 0.0613. The second-order valence-electron chi connectivity index (χ2n) is 8.64. The number of anilines is 1. The maximum Gasteiger partial charge on any atom is 0.255 e. The van der Waals surface area contributed by atoms with Crippen LogP contribution in [-0.2, 0) is 11.3 Å². The summed E-state index contributed by atoms with van der Waals surface area (Å²) in [7, 11) is 4.62. The average molecular weight is 475 g/mol. The van der Waals surface area contributed by atoms with E-state index in [-0.39, 0.29) is 18.2 Å². The van der Waals surface area contributed by atoms with Gasteiger partial charge in [-0.15, -0.1) is 0 Å². The fourth-order valence-corrected chi connectivity index (χ4v) is 4.48. The Morgan fingerprint density at radius 1 is 0.971 bits per heavy atom. The summed E-state index contributed by atoms with van der Waals surface area (Å²) in [5.74, 6) is 1.07. The predicted molar refractivity (Wildman–Crippen MR) is 134 cm³/mol. The van der Waals surface area contributed by atoms with E-state index < -0.39 is 6.04 Å². The molecule has 1 aliphatic rings. The van der Waals surface area contributed by atoms with Crippen LogP contribution in [0, 0.1) is 13.8 Å². The quantitative estimate of drug-likeness (QED) is 0.494. The molecule has 7 heteroatoms. The molecule has 1 N–H and O–H groups in total. The Morgan fingerprint density at radius 2 is 1.66 bits per heavy atom. The lowest BCUT2D eigenvalue weighted by atomic mass is 9.99. The molecule has 1 heterocycles. The molecule has 0 aliphatic carbocycles. The number of benzene rings is 3. The summed E-state index contributed by atoms with van der Waals surface area (Å²) >= 11 is 0. The number of methoxy groups -OCH3 is 3. The van der Waals surface area contributed by atoms with Crippen molar-refractivity contribution in [3.63, 3.8) is 0 Å². The summed E-state index contributed by atoms with van der Waals surface area (Å²) in [5, 5.41) is 3.03. The average Bonchev–Trinajstić information content (AvgIpc) is 3.20. The van der Waals surface area contributed by atoms with Crippen LogP contribution in [0.25, 0.3) is 0 Å². The lowest BCUT2D eigenvalue weighted by Gasteiger charge is -2.29. The molecule has 7 nitrogen and oxygen atoms in total. The maximum atomic E-state index is 13.4. The number of rotatable bonds is 8. The normalized spacial score (nSPS) is 13.3. The second kappa shape index (κ2) is 10.1. The zero-order valence-electron chi connectivity index (χ0n) is 20.7. The lowest BCUT2D eigenvalue weighted by Crippen LogP contribution is -2.32. The van der Waals surface area contributed by atoms with Crippen molar-refractivity contribution < 1.29 is 23.8 Å². The largest absolute Gasteiger partial charge is 0.493 e. The molecule has 3 aromatic rings. The van der Waals surface area contributed by atoms with Crippen LogP contribution in [0.3, 0.4) is 0 Å². The highest BCUT2D eigenvalue weighted by Gasteiger charge is 2.35. The van der Waals surface area contributed by atoms with Crippen molar-refractivity contribution in [3.05, 3.63) is 82.4 Å². The molecule has 1 atom stereocenters. The number of nitrogens with zero attached hydrogens (tertiary/aromatic N) is 1. The Morgan fingerprint density at radius 3 is 2.29 bits per heavy atom. The molecule has 0 aromatic heterocycles. The molecule has 0 fully saturated rings. The number of amides is 2. The molecule has 2 amide bonds. The van der Waals surface area contributed by atoms with Crippen molar-refractivity contribution in [2.75, 3.05) is 26.6 Å². The van der Waals surface area contributed by atoms with Gasteiger partial charge < -0.3 is 24.4 Å². The van der Waals surface area contributed by atoms with E-state index in [4.69, 9.17) is 14.2 Å². The summed E-state index contributed by atoms with van der Waals surface area (Å²) < 4.78 is 16.5. The monoisotopic (exact) mass is 474 g/mol. The van der Waals surface area contributed by atoms with Crippen LogP contribution in [0.15, 0.2) is 54.6 Å². The van der Waals surface area contributed by atoms with E-state index in [1.165, 1.54) is 7.11 Å². The molecule has 0 bridgehead atoms. The molecule has 0 radical (unpaired) electrons. The summed E-state index contributed by atoms with van der Waals surface area (Å²) in [5.41, 5.74) is 5.09. The van der Waals surface area contributed by atoms with Crippen molar-refractivity contribution in [1.29, 1.82) is 0 Å². The Bertz CT molecular complexity index is 1240. The Kier molecular flexibility index (Phi) is 6.96. The fourth-order valence-electron chi connectivity index (χ4n) is 4.48. The van der Waals surface area contributed by atoms with Crippen LogP contribution in [0.4, 0.5) is 5.69 Å². The van der Waals surface area contributed by atoms with Crippen LogP contribution >= 0.6 is 0 Å². The lowest BCUT2D eigenvalue weighted by molar-refractivity contribution is -0.117. The Balaban J connectivity index is 1.73. The van der Waals surface area contributed by atoms with Crippen molar-refractivity contribution in [2.45, 2.75) is 32.9 Å². The molecule has 182 valence electrons. The smallest absolute Gasteiger partial charge is 0.255 e. The van der Waals surface area contributed by atoms with Crippen LogP contribution < -0.4 is 19.5 Å². The molecule has 1 unspecified atom stereocenters. The number of hydrogen-bond acceptors (Lipinski definition) is 5. The third-order valence-corrected chi connectivity index (χ3v) is 6.34. The number of hydrogen-bond donors (Lipinski definition) is 1. The zero-order valence-corrected chi connectivity index (χ0v) is 20.7. The van der Waals surface area contributed by atoms with E-state index in [9.17, 15) is 9.59 Å². The molecule has 4 rings (SSSR count). The number of aryl methyl sites for hydroxylation is 2. The molecular weight excluding hydrogens is 444 g/mol. The van der Waals surface area contributed by atoms with Crippen molar-refractivity contribution in [2.24, 2.45) is 0 Å². The van der Waals surface area contributed by atoms with Gasteiger partial charge in [-0.25, -0.2) is 0 Å². The molecule has 0 spiro atoms. The molecule has 1 aliphatic heterocycles. The maximum absolute atomic E-state index is 13.4. The Hall–Kier alpha value is -4.00. The zero-order chi connectivity index (χ0) is 25.1. The van der Waals surface area contributed by atoms with Gasteiger partial charge in [0.2, 0.25) is 11.7 Å². The SMILES string of the molecule is COc1cc(C(CC(=O)Nc2cc(C)ccc2C)N2Cc3ccccc3C2=O)cc(OC)c1OC. The van der Waals surface area contributed by atoms with Gasteiger partial charge in [0.25, 0.3) is 5.91 Å². The summed E-state index contributed by atoms with van der Waals surface area (Å²) in [6, 6.07) is 16.5. The van der Waals surface area contributed by atoms with Crippen molar-refractivity contribution >= 4 is 17.5 Å². The van der Waals surface area contributed by atoms with Crippen molar-refractivity contribution in [3.8, 4) is 17.2 Å². The van der Waals surface area contributed by atoms with Gasteiger partial charge >= 0.3 is 0 Å². The molecule has 0 saturated heterocycles. The highest BCUT2D eigenvalue weighted by atomic mass is 16.5. The first-order chi connectivity index (χ1) is 16.9. The molecule has 3 aromatic carbocycles. The summed E-state index contributed by atoms with van der Waals surface area (Å²) in [6.45, 7) is 4.34. The molecular formula is C28H30N2O5. The van der Waals surface area contributed by atoms with E-state index in [1.54, 1.807) is 31.3 Å². The number of carbonyl (C=O) groups excluding carboxylic acids is 2. The molecule has 35 heavy (non-hydrogen) atoms. The minimum Gasteiger partial charge on any atom is -0.493 e. The standard InChI is InChI=1S/C28H30N2O5/c1-17-10-11-18(2)22(12-17)29-26(31)15-23(30-16-19-8-6-7-9-21(19)28(30)32)20-13-24(33-3)27(35-5)25(14-20)34-4/h6-14,23H,15-16H2,1-5H3,(H,29,31). The van der Waals surface area contributed by atoms with Gasteiger partial charge in [0.05, 0.1) is 33.8 Å². The summed E-state index contributed by atoms with van der Waals surface area (Å²) in [4.78, 5) is 28.4. The summed E-state index contributed by atoms with van der Waals surface area (Å²) in [6.07, 6.45) is 0.0613. The van der Waals surface area contributed by atoms with Gasteiger partial charge in [-0.05, 0) is 60.4 Å². The number of fused-ring (bicyclic) bond motifs is 1. The highest BCUT2D eigenvalue weighted by Crippen LogP contribution is 2.43. The van der Waals surface area contributed by atoms with Gasteiger partial charge in [0.1, 0.15) is 0 Å². The molecule has 0 saturated carbocycles. The van der Waals surface area contributed by atoms with Gasteiger partial charge in [-0.3, -0.25) is 9.59 Å². The van der Waals surface area contributed by atoms with Crippen molar-refractivity contribution in [1.82, 2.24) is 4.90 Å². The predicted octanol–water partition coefficient (Wildman–Crippen LogP) is 5.06. The first-order valence-corrected chi connectivity index (χ1v) is 11.4. The van der Waals surface area contributed by atoms with Gasteiger partial charge in [0.15, 0.2) is 11.5 Å². The van der Waals surface area contributed by atoms with E-state index in [0.717, 1.165) is 27.9 Å². The highest BCUT2D eigenvalue weighted by molar-refractivity contribution is 5.99. The van der Waals surface area contributed by atoms with Crippen LogP contribution in [0.2, 0.25) is 0 Å². The van der Waals surface area contributed by atoms with Gasteiger partial charge in [0, 0.05) is 17.8 Å². The van der Waals surface area contributed by atoms with Gasteiger partial charge in [-0.2, -0.15) is 0 Å². The second-order valence-corrected chi connectivity index (χ2v) is 8.64. The number of ether oxygens (including phenoxy) is 3. The fraction of sp³-hybridized carbons (Fsp3) is 0.286. The third kappa shape index (κ3) is 4.80. The first-order valence-electron chi connectivity index (χ1n) is 11.4. The van der Waals surface area contributed by atoms with Crippen LogP contribution in [0.1, 0.15) is 45.1 Å². The van der Waals surface area contributed by atoms with Gasteiger partial charge in [-0.1, -0.05) is 30.3 Å². The van der Waals surface area contributed by atoms with E-state index in [1.807, 2.05) is 56.3 Å². The van der Waals surface area contributed by atoms with E-state index >= 15 is 0 Å². The van der Waals surface area contributed by atoms with Crippen LogP contribution in [-0.4, -0.2) is 38.0 Å². The topological polar surface area (TPSA) is 77.1 Å². The van der Waals surface area contributed by atoms with E-state index in [0.29, 0.717) is 29.4 Å².